The molecule has 0 aromatic rings. The molecule has 3 N–H and O–H groups in total. The molecule has 0 spiro atoms. The molecule has 1 rings (SSSR count). The van der Waals surface area contributed by atoms with Crippen molar-refractivity contribution in [3.05, 3.63) is 0 Å². The van der Waals surface area contributed by atoms with E-state index in [1.165, 1.54) is 0 Å². The number of thioether (sulfide) groups is 1. The second-order valence-electron chi connectivity index (χ2n) is 5.53. The van der Waals surface area contributed by atoms with Gasteiger partial charge in [-0.1, -0.05) is 20.3 Å². The van der Waals surface area contributed by atoms with Crippen LogP contribution in [0.3, 0.4) is 0 Å². The molecule has 0 saturated heterocycles. The largest absolute Gasteiger partial charge is 0.480 e. The molecule has 0 aliphatic heterocycles. The van der Waals surface area contributed by atoms with E-state index in [0.29, 0.717) is 5.25 Å². The van der Waals surface area contributed by atoms with Crippen LogP contribution in [0.15, 0.2) is 0 Å². The molecule has 116 valence electrons. The molecule has 0 aromatic carbocycles. The number of amides is 2. The normalized spacial score (nSPS) is 25.6. The molecular formula is C14H26N2O3S. The van der Waals surface area contributed by atoms with Crippen LogP contribution in [0, 0.1) is 5.92 Å². The summed E-state index contributed by atoms with van der Waals surface area (Å²) < 4.78 is 0. The Bertz CT molecular complexity index is 330. The van der Waals surface area contributed by atoms with Crippen LogP contribution in [-0.4, -0.2) is 40.7 Å². The summed E-state index contributed by atoms with van der Waals surface area (Å²) in [7, 11) is 0. The topological polar surface area (TPSA) is 78.4 Å². The number of hydrogen-bond acceptors (Lipinski definition) is 3. The third-order valence-electron chi connectivity index (χ3n) is 4.11. The fourth-order valence-electron chi connectivity index (χ4n) is 2.49. The lowest BCUT2D eigenvalue weighted by atomic mass is 9.95. The van der Waals surface area contributed by atoms with E-state index in [9.17, 15) is 9.59 Å². The zero-order valence-corrected chi connectivity index (χ0v) is 13.3. The summed E-state index contributed by atoms with van der Waals surface area (Å²) in [4.78, 5) is 23.1. The van der Waals surface area contributed by atoms with Crippen molar-refractivity contribution in [1.82, 2.24) is 10.6 Å². The van der Waals surface area contributed by atoms with Crippen molar-refractivity contribution in [2.24, 2.45) is 5.92 Å². The van der Waals surface area contributed by atoms with Crippen LogP contribution in [0.1, 0.15) is 46.0 Å². The smallest absolute Gasteiger partial charge is 0.326 e. The first-order valence-electron chi connectivity index (χ1n) is 7.30. The van der Waals surface area contributed by atoms with Crippen molar-refractivity contribution in [2.45, 2.75) is 63.3 Å². The number of carbonyl (C=O) groups excluding carboxylic acids is 1. The Morgan fingerprint density at radius 2 is 1.90 bits per heavy atom. The van der Waals surface area contributed by atoms with Crippen molar-refractivity contribution in [3.8, 4) is 0 Å². The van der Waals surface area contributed by atoms with Crippen molar-refractivity contribution < 1.29 is 14.7 Å². The summed E-state index contributed by atoms with van der Waals surface area (Å²) in [5.41, 5.74) is 0. The number of carbonyl (C=O) groups is 2. The highest BCUT2D eigenvalue weighted by atomic mass is 32.2. The van der Waals surface area contributed by atoms with Crippen LogP contribution in [0.25, 0.3) is 0 Å². The van der Waals surface area contributed by atoms with E-state index in [2.05, 4.69) is 16.9 Å². The summed E-state index contributed by atoms with van der Waals surface area (Å²) in [5.74, 6) is -1.05. The van der Waals surface area contributed by atoms with Gasteiger partial charge in [-0.05, 0) is 37.9 Å². The van der Waals surface area contributed by atoms with E-state index in [1.54, 1.807) is 0 Å². The second-order valence-corrected chi connectivity index (χ2v) is 6.67. The van der Waals surface area contributed by atoms with Gasteiger partial charge in [0.05, 0.1) is 0 Å². The van der Waals surface area contributed by atoms with Crippen LogP contribution in [0.2, 0.25) is 0 Å². The molecular weight excluding hydrogens is 276 g/mol. The molecule has 0 heterocycles. The minimum atomic E-state index is -0.972. The van der Waals surface area contributed by atoms with Crippen molar-refractivity contribution in [2.75, 3.05) is 6.26 Å². The third kappa shape index (κ3) is 5.23. The Labute approximate surface area is 125 Å². The predicted molar refractivity (Wildman–Crippen MR) is 82.1 cm³/mol. The van der Waals surface area contributed by atoms with Gasteiger partial charge in [0.15, 0.2) is 0 Å². The Hall–Kier alpha value is -0.910. The first kappa shape index (κ1) is 17.1. The van der Waals surface area contributed by atoms with Gasteiger partial charge in [-0.3, -0.25) is 0 Å². The molecule has 0 bridgehead atoms. The first-order chi connectivity index (χ1) is 9.47. The van der Waals surface area contributed by atoms with Gasteiger partial charge in [0, 0.05) is 11.3 Å². The summed E-state index contributed by atoms with van der Waals surface area (Å²) >= 11 is 1.88. The van der Waals surface area contributed by atoms with Gasteiger partial charge >= 0.3 is 12.0 Å². The first-order valence-corrected chi connectivity index (χ1v) is 8.59. The lowest BCUT2D eigenvalue weighted by Gasteiger charge is -2.29. The molecule has 1 aliphatic rings. The molecule has 2 amide bonds. The zero-order valence-electron chi connectivity index (χ0n) is 12.5. The molecule has 1 saturated carbocycles. The molecule has 1 fully saturated rings. The maximum absolute atomic E-state index is 11.9. The molecule has 2 atom stereocenters. The summed E-state index contributed by atoms with van der Waals surface area (Å²) in [6, 6.07) is -1.00. The van der Waals surface area contributed by atoms with Crippen LogP contribution in [0.4, 0.5) is 4.79 Å². The number of rotatable bonds is 6. The zero-order chi connectivity index (χ0) is 15.1. The predicted octanol–water partition coefficient (Wildman–Crippen LogP) is 2.46. The summed E-state index contributed by atoms with van der Waals surface area (Å²) in [5, 5.41) is 15.3. The van der Waals surface area contributed by atoms with Crippen molar-refractivity contribution in [3.63, 3.8) is 0 Å². The molecule has 6 heteroatoms. The van der Waals surface area contributed by atoms with Gasteiger partial charge in [-0.15, -0.1) is 0 Å². The fraction of sp³-hybridized carbons (Fsp3) is 0.857. The number of nitrogens with one attached hydrogen (secondary N) is 2. The fourth-order valence-corrected chi connectivity index (χ4v) is 3.24. The Morgan fingerprint density at radius 3 is 2.35 bits per heavy atom. The molecule has 0 aromatic heterocycles. The summed E-state index contributed by atoms with van der Waals surface area (Å²) in [6.45, 7) is 3.76. The monoisotopic (exact) mass is 302 g/mol. The lowest BCUT2D eigenvalue weighted by molar-refractivity contribution is -0.140. The highest BCUT2D eigenvalue weighted by Crippen LogP contribution is 2.26. The highest BCUT2D eigenvalue weighted by Gasteiger charge is 2.27. The number of aliphatic carboxylic acids is 1. The average molecular weight is 302 g/mol. The lowest BCUT2D eigenvalue weighted by Crippen LogP contribution is -2.51. The Morgan fingerprint density at radius 1 is 1.30 bits per heavy atom. The van der Waals surface area contributed by atoms with Gasteiger partial charge in [0.1, 0.15) is 6.04 Å². The van der Waals surface area contributed by atoms with Gasteiger partial charge in [-0.25, -0.2) is 9.59 Å². The molecule has 0 radical (unpaired) electrons. The van der Waals surface area contributed by atoms with Crippen LogP contribution in [0.5, 0.6) is 0 Å². The maximum Gasteiger partial charge on any atom is 0.326 e. The van der Waals surface area contributed by atoms with E-state index in [1.807, 2.05) is 25.6 Å². The van der Waals surface area contributed by atoms with Crippen LogP contribution < -0.4 is 10.6 Å². The Balaban J connectivity index is 2.40. The van der Waals surface area contributed by atoms with Gasteiger partial charge in [0.25, 0.3) is 0 Å². The van der Waals surface area contributed by atoms with Crippen molar-refractivity contribution >= 4 is 23.8 Å². The van der Waals surface area contributed by atoms with E-state index in [0.717, 1.165) is 32.1 Å². The summed E-state index contributed by atoms with van der Waals surface area (Å²) in [6.07, 6.45) is 7.00. The van der Waals surface area contributed by atoms with E-state index in [4.69, 9.17) is 5.11 Å². The quantitative estimate of drug-likeness (QED) is 0.704. The van der Waals surface area contributed by atoms with Gasteiger partial charge in [0.2, 0.25) is 0 Å². The number of carboxylic acids is 1. The van der Waals surface area contributed by atoms with E-state index >= 15 is 0 Å². The van der Waals surface area contributed by atoms with Crippen molar-refractivity contribution in [1.29, 1.82) is 0 Å². The second kappa shape index (κ2) is 8.39. The SMILES string of the molecule is CCC(C)C(NC(=O)NC1CCC(SC)CC1)C(=O)O. The maximum atomic E-state index is 11.9. The van der Waals surface area contributed by atoms with Crippen LogP contribution in [-0.2, 0) is 4.79 Å². The standard InChI is InChI=1S/C14H26N2O3S/c1-4-9(2)12(13(17)18)16-14(19)15-10-5-7-11(20-3)8-6-10/h9-12H,4-8H2,1-3H3,(H,17,18)(H2,15,16,19). The van der Waals surface area contributed by atoms with E-state index < -0.39 is 12.0 Å². The number of hydrogen-bond donors (Lipinski definition) is 3. The molecule has 20 heavy (non-hydrogen) atoms. The average Bonchev–Trinajstić information content (AvgIpc) is 2.44. The van der Waals surface area contributed by atoms with Gasteiger partial charge in [-0.2, -0.15) is 11.8 Å². The third-order valence-corrected chi connectivity index (χ3v) is 5.25. The molecule has 1 aliphatic carbocycles. The van der Waals surface area contributed by atoms with Crippen LogP contribution >= 0.6 is 11.8 Å². The minimum absolute atomic E-state index is 0.0783. The molecule has 5 nitrogen and oxygen atoms in total. The Kier molecular flexibility index (Phi) is 7.19. The molecule has 2 unspecified atom stereocenters. The van der Waals surface area contributed by atoms with Gasteiger partial charge < -0.3 is 15.7 Å². The minimum Gasteiger partial charge on any atom is -0.480 e. The van der Waals surface area contributed by atoms with E-state index in [-0.39, 0.29) is 18.0 Å². The number of carboxylic acid groups (broad SMARTS) is 1. The number of urea groups is 1. The highest BCUT2D eigenvalue weighted by molar-refractivity contribution is 7.99.